The van der Waals surface area contributed by atoms with Crippen molar-refractivity contribution in [3.63, 3.8) is 0 Å². The molecule has 1 amide bonds. The Morgan fingerprint density at radius 2 is 2.27 bits per heavy atom. The highest BCUT2D eigenvalue weighted by Gasteiger charge is 2.33. The molecule has 0 radical (unpaired) electrons. The molecule has 0 bridgehead atoms. The van der Waals surface area contributed by atoms with Gasteiger partial charge in [0.25, 0.3) is 0 Å². The predicted molar refractivity (Wildman–Crippen MR) is 121 cm³/mol. The molecule has 1 saturated heterocycles. The molecule has 0 aromatic carbocycles. The molecule has 158 valence electrons. The molecule has 4 heterocycles. The van der Waals surface area contributed by atoms with Gasteiger partial charge in [-0.3, -0.25) is 4.79 Å². The Kier molecular flexibility index (Phi) is 5.51. The van der Waals surface area contributed by atoms with E-state index in [0.717, 1.165) is 27.3 Å². The van der Waals surface area contributed by atoms with Crippen molar-refractivity contribution in [3.8, 4) is 5.88 Å². The lowest BCUT2D eigenvalue weighted by molar-refractivity contribution is -0.126. The van der Waals surface area contributed by atoms with Gasteiger partial charge in [-0.15, -0.1) is 11.3 Å². The number of rotatable bonds is 6. The number of likely N-dealkylation sites (tertiary alicyclic amines) is 1. The van der Waals surface area contributed by atoms with Gasteiger partial charge in [-0.1, -0.05) is 6.58 Å². The SMILES string of the molecule is C=CC(=O)N1C[C@@H](Oc2nc(Nc3ncc(C)s3)cc3c2ccn3C(C)C)C[C@H]1C. The molecule has 2 atom stereocenters. The van der Waals surface area contributed by atoms with Gasteiger partial charge in [-0.05, 0) is 39.8 Å². The summed E-state index contributed by atoms with van der Waals surface area (Å²) in [6.45, 7) is 12.5. The van der Waals surface area contributed by atoms with Gasteiger partial charge in [0.15, 0.2) is 5.13 Å². The topological polar surface area (TPSA) is 72.3 Å². The fourth-order valence-electron chi connectivity index (χ4n) is 3.90. The summed E-state index contributed by atoms with van der Waals surface area (Å²) >= 11 is 1.58. The third-order valence-corrected chi connectivity index (χ3v) is 6.19. The van der Waals surface area contributed by atoms with E-state index in [1.807, 2.05) is 32.2 Å². The van der Waals surface area contributed by atoms with Crippen LogP contribution in [0.4, 0.5) is 10.9 Å². The van der Waals surface area contributed by atoms with Gasteiger partial charge in [0.1, 0.15) is 11.9 Å². The molecule has 7 nitrogen and oxygen atoms in total. The van der Waals surface area contributed by atoms with E-state index in [9.17, 15) is 4.79 Å². The highest BCUT2D eigenvalue weighted by Crippen LogP contribution is 2.33. The summed E-state index contributed by atoms with van der Waals surface area (Å²) in [4.78, 5) is 24.2. The van der Waals surface area contributed by atoms with Crippen molar-refractivity contribution in [2.75, 3.05) is 11.9 Å². The zero-order chi connectivity index (χ0) is 21.4. The number of aromatic nitrogens is 3. The number of nitrogens with one attached hydrogen (secondary N) is 1. The maximum absolute atomic E-state index is 12.1. The molecule has 1 fully saturated rings. The number of anilines is 2. The lowest BCUT2D eigenvalue weighted by Gasteiger charge is -2.19. The van der Waals surface area contributed by atoms with Crippen LogP contribution in [-0.4, -0.2) is 44.0 Å². The minimum absolute atomic E-state index is 0.0628. The highest BCUT2D eigenvalue weighted by molar-refractivity contribution is 7.15. The second kappa shape index (κ2) is 8.10. The fourth-order valence-corrected chi connectivity index (χ4v) is 4.57. The Morgan fingerprint density at radius 1 is 1.47 bits per heavy atom. The van der Waals surface area contributed by atoms with Crippen LogP contribution in [0.25, 0.3) is 10.9 Å². The predicted octanol–water partition coefficient (Wildman–Crippen LogP) is 4.68. The van der Waals surface area contributed by atoms with E-state index in [-0.39, 0.29) is 18.1 Å². The number of nitrogens with zero attached hydrogens (tertiary/aromatic N) is 4. The third kappa shape index (κ3) is 3.92. The number of pyridine rings is 1. The average molecular weight is 426 g/mol. The van der Waals surface area contributed by atoms with E-state index >= 15 is 0 Å². The van der Waals surface area contributed by atoms with Crippen LogP contribution in [0, 0.1) is 6.92 Å². The molecule has 4 rings (SSSR count). The van der Waals surface area contributed by atoms with Gasteiger partial charge in [0.2, 0.25) is 11.8 Å². The van der Waals surface area contributed by atoms with Gasteiger partial charge in [-0.2, -0.15) is 4.98 Å². The Hall–Kier alpha value is -2.87. The molecule has 30 heavy (non-hydrogen) atoms. The van der Waals surface area contributed by atoms with Crippen LogP contribution < -0.4 is 10.1 Å². The molecular weight excluding hydrogens is 398 g/mol. The molecule has 3 aromatic rings. The summed E-state index contributed by atoms with van der Waals surface area (Å²) < 4.78 is 8.55. The summed E-state index contributed by atoms with van der Waals surface area (Å²) in [5.41, 5.74) is 1.05. The average Bonchev–Trinajstić information content (AvgIpc) is 3.40. The van der Waals surface area contributed by atoms with E-state index < -0.39 is 0 Å². The maximum atomic E-state index is 12.1. The van der Waals surface area contributed by atoms with E-state index in [2.05, 4.69) is 41.5 Å². The molecule has 8 heteroatoms. The monoisotopic (exact) mass is 425 g/mol. The van der Waals surface area contributed by atoms with Crippen LogP contribution in [0.5, 0.6) is 5.88 Å². The molecule has 1 aliphatic rings. The largest absolute Gasteiger partial charge is 0.472 e. The van der Waals surface area contributed by atoms with Crippen molar-refractivity contribution in [2.45, 2.75) is 52.3 Å². The number of fused-ring (bicyclic) bond motifs is 1. The number of aryl methyl sites for hydroxylation is 1. The number of hydrogen-bond donors (Lipinski definition) is 1. The minimum Gasteiger partial charge on any atom is -0.472 e. The molecule has 3 aromatic heterocycles. The molecule has 1 N–H and O–H groups in total. The number of carbonyl (C=O) groups is 1. The lowest BCUT2D eigenvalue weighted by Crippen LogP contribution is -2.33. The van der Waals surface area contributed by atoms with Gasteiger partial charge in [0, 0.05) is 41.8 Å². The van der Waals surface area contributed by atoms with E-state index in [0.29, 0.717) is 24.3 Å². The Morgan fingerprint density at radius 3 is 2.93 bits per heavy atom. The quantitative estimate of drug-likeness (QED) is 0.581. The second-order valence-electron chi connectivity index (χ2n) is 7.98. The smallest absolute Gasteiger partial charge is 0.246 e. The summed E-state index contributed by atoms with van der Waals surface area (Å²) in [5.74, 6) is 1.21. The first-order valence-corrected chi connectivity index (χ1v) is 11.0. The van der Waals surface area contributed by atoms with Crippen molar-refractivity contribution in [1.82, 2.24) is 19.4 Å². The van der Waals surface area contributed by atoms with Crippen molar-refractivity contribution in [3.05, 3.63) is 42.1 Å². The standard InChI is InChI=1S/C22H27N5O2S/c1-6-20(28)27-12-16(9-14(27)4)29-21-17-7-8-26(13(2)3)18(17)10-19(24-21)25-22-23-11-15(5)30-22/h6-8,10-11,13-14,16H,1,9,12H2,2-5H3,(H,23,24,25)/t14-,16+/m1/s1. The van der Waals surface area contributed by atoms with Crippen molar-refractivity contribution in [2.24, 2.45) is 0 Å². The van der Waals surface area contributed by atoms with Crippen molar-refractivity contribution < 1.29 is 9.53 Å². The Balaban J connectivity index is 1.67. The summed E-state index contributed by atoms with van der Waals surface area (Å²) in [5, 5.41) is 5.07. The van der Waals surface area contributed by atoms with Crippen molar-refractivity contribution >= 4 is 39.1 Å². The van der Waals surface area contributed by atoms with Gasteiger partial charge >= 0.3 is 0 Å². The molecule has 0 aliphatic carbocycles. The Labute approximate surface area is 180 Å². The summed E-state index contributed by atoms with van der Waals surface area (Å²) in [7, 11) is 0. The molecular formula is C22H27N5O2S. The number of ether oxygens (including phenoxy) is 1. The van der Waals surface area contributed by atoms with Gasteiger partial charge in [0.05, 0.1) is 17.4 Å². The lowest BCUT2D eigenvalue weighted by atomic mass is 10.2. The van der Waals surface area contributed by atoms with E-state index in [1.165, 1.54) is 6.08 Å². The van der Waals surface area contributed by atoms with Gasteiger partial charge in [-0.25, -0.2) is 4.98 Å². The number of thiazole rings is 1. The first kappa shape index (κ1) is 20.4. The molecule has 0 spiro atoms. The van der Waals surface area contributed by atoms with Crippen LogP contribution in [0.2, 0.25) is 0 Å². The van der Waals surface area contributed by atoms with Crippen LogP contribution >= 0.6 is 11.3 Å². The van der Waals surface area contributed by atoms with E-state index in [4.69, 9.17) is 9.72 Å². The van der Waals surface area contributed by atoms with Crippen molar-refractivity contribution in [1.29, 1.82) is 0 Å². The van der Waals surface area contributed by atoms with Crippen LogP contribution in [0.1, 0.15) is 38.1 Å². The fraction of sp³-hybridized carbons (Fsp3) is 0.409. The molecule has 0 saturated carbocycles. The number of hydrogen-bond acceptors (Lipinski definition) is 6. The molecule has 1 aliphatic heterocycles. The first-order chi connectivity index (χ1) is 14.4. The minimum atomic E-state index is -0.112. The second-order valence-corrected chi connectivity index (χ2v) is 9.22. The van der Waals surface area contributed by atoms with E-state index in [1.54, 1.807) is 16.2 Å². The first-order valence-electron chi connectivity index (χ1n) is 10.2. The van der Waals surface area contributed by atoms with Crippen LogP contribution in [0.3, 0.4) is 0 Å². The van der Waals surface area contributed by atoms with Crippen LogP contribution in [-0.2, 0) is 4.79 Å². The number of amides is 1. The normalized spacial score (nSPS) is 18.9. The van der Waals surface area contributed by atoms with Gasteiger partial charge < -0.3 is 19.5 Å². The number of carbonyl (C=O) groups excluding carboxylic acids is 1. The third-order valence-electron chi connectivity index (χ3n) is 5.37. The zero-order valence-electron chi connectivity index (χ0n) is 17.8. The maximum Gasteiger partial charge on any atom is 0.246 e. The summed E-state index contributed by atoms with van der Waals surface area (Å²) in [6.07, 6.45) is 5.91. The molecule has 0 unspecified atom stereocenters. The zero-order valence-corrected chi connectivity index (χ0v) is 18.6. The van der Waals surface area contributed by atoms with Crippen LogP contribution in [0.15, 0.2) is 37.2 Å². The highest BCUT2D eigenvalue weighted by atomic mass is 32.1. The summed E-state index contributed by atoms with van der Waals surface area (Å²) in [6, 6.07) is 4.49. The Bertz CT molecular complexity index is 1090.